The smallest absolute Gasteiger partial charge is 0.320 e. The van der Waals surface area contributed by atoms with E-state index in [0.29, 0.717) is 24.4 Å². The van der Waals surface area contributed by atoms with E-state index in [9.17, 15) is 9.59 Å². The number of alkyl halides is 1. The molecule has 2 rings (SSSR count). The molecule has 1 saturated heterocycles. The Morgan fingerprint density at radius 3 is 2.64 bits per heavy atom. The van der Waals surface area contributed by atoms with Crippen molar-refractivity contribution in [2.75, 3.05) is 25.0 Å². The van der Waals surface area contributed by atoms with Gasteiger partial charge in [-0.05, 0) is 11.5 Å². The van der Waals surface area contributed by atoms with Crippen molar-refractivity contribution >= 4 is 27.7 Å². The molecular formula is C17H22BrNO3. The van der Waals surface area contributed by atoms with Crippen molar-refractivity contribution in [3.8, 4) is 0 Å². The van der Waals surface area contributed by atoms with E-state index in [0.717, 1.165) is 18.5 Å². The number of hydrogen-bond donors (Lipinski definition) is 0. The molecular weight excluding hydrogens is 346 g/mol. The number of ether oxygens (including phenoxy) is 1. The summed E-state index contributed by atoms with van der Waals surface area (Å²) in [7, 11) is 0. The van der Waals surface area contributed by atoms with Gasteiger partial charge in [0.2, 0.25) is 0 Å². The summed E-state index contributed by atoms with van der Waals surface area (Å²) in [6.07, 6.45) is 0.957. The van der Waals surface area contributed by atoms with Crippen molar-refractivity contribution in [3.63, 3.8) is 0 Å². The van der Waals surface area contributed by atoms with E-state index >= 15 is 0 Å². The van der Waals surface area contributed by atoms with Crippen LogP contribution in [0.4, 0.5) is 0 Å². The number of likely N-dealkylation sites (tertiary alicyclic amines) is 1. The second-order valence-electron chi connectivity index (χ2n) is 5.72. The Bertz CT molecular complexity index is 506. The van der Waals surface area contributed by atoms with E-state index in [1.807, 2.05) is 35.2 Å². The minimum atomic E-state index is -0.231. The average molecular weight is 368 g/mol. The van der Waals surface area contributed by atoms with Gasteiger partial charge in [-0.1, -0.05) is 59.6 Å². The van der Waals surface area contributed by atoms with Crippen LogP contribution in [-0.4, -0.2) is 41.6 Å². The molecule has 0 N–H and O–H groups in total. The maximum absolute atomic E-state index is 12.0. The zero-order chi connectivity index (χ0) is 15.9. The normalized spacial score (nSPS) is 21.7. The van der Waals surface area contributed by atoms with Crippen LogP contribution < -0.4 is 0 Å². The molecule has 1 aromatic rings. The van der Waals surface area contributed by atoms with Gasteiger partial charge < -0.3 is 4.74 Å². The molecule has 1 aliphatic heterocycles. The quantitative estimate of drug-likeness (QED) is 0.548. The molecule has 0 radical (unpaired) electrons. The number of halogens is 1. The number of rotatable bonds is 7. The Morgan fingerprint density at radius 1 is 1.27 bits per heavy atom. The topological polar surface area (TPSA) is 46.6 Å². The van der Waals surface area contributed by atoms with Crippen molar-refractivity contribution in [1.29, 1.82) is 0 Å². The molecule has 0 amide bonds. The molecule has 1 aliphatic rings. The first-order valence-corrected chi connectivity index (χ1v) is 8.76. The van der Waals surface area contributed by atoms with Crippen LogP contribution >= 0.6 is 15.9 Å². The molecule has 0 bridgehead atoms. The van der Waals surface area contributed by atoms with Gasteiger partial charge in [-0.25, -0.2) is 0 Å². The van der Waals surface area contributed by atoms with Gasteiger partial charge in [0.15, 0.2) is 0 Å². The van der Waals surface area contributed by atoms with Gasteiger partial charge in [-0.3, -0.25) is 14.5 Å². The molecule has 2 atom stereocenters. The van der Waals surface area contributed by atoms with Crippen LogP contribution in [0.15, 0.2) is 30.3 Å². The van der Waals surface area contributed by atoms with Gasteiger partial charge in [-0.15, -0.1) is 0 Å². The van der Waals surface area contributed by atoms with Crippen LogP contribution in [-0.2, 0) is 20.9 Å². The van der Waals surface area contributed by atoms with Crippen LogP contribution in [0.2, 0.25) is 0 Å². The van der Waals surface area contributed by atoms with E-state index in [4.69, 9.17) is 4.74 Å². The number of carbonyl (C=O) groups excluding carboxylic acids is 2. The molecule has 5 heteroatoms. The zero-order valence-electron chi connectivity index (χ0n) is 12.8. The summed E-state index contributed by atoms with van der Waals surface area (Å²) in [6, 6.07) is 9.64. The van der Waals surface area contributed by atoms with Crippen LogP contribution in [0.25, 0.3) is 0 Å². The number of nitrogens with zero attached hydrogens (tertiary/aromatic N) is 1. The lowest BCUT2D eigenvalue weighted by atomic mass is 9.91. The fourth-order valence-electron chi connectivity index (χ4n) is 2.93. The number of esters is 1. The van der Waals surface area contributed by atoms with Crippen molar-refractivity contribution in [1.82, 2.24) is 4.90 Å². The first kappa shape index (κ1) is 17.2. The minimum Gasteiger partial charge on any atom is -0.460 e. The number of carbonyl (C=O) groups is 2. The second kappa shape index (κ2) is 8.44. The van der Waals surface area contributed by atoms with Crippen LogP contribution in [0, 0.1) is 11.8 Å². The summed E-state index contributed by atoms with van der Waals surface area (Å²) in [5, 5.41) is 0.389. The number of hydrogen-bond acceptors (Lipinski definition) is 4. The highest BCUT2D eigenvalue weighted by Crippen LogP contribution is 2.27. The summed E-state index contributed by atoms with van der Waals surface area (Å²) < 4.78 is 5.31. The first-order valence-electron chi connectivity index (χ1n) is 7.64. The largest absolute Gasteiger partial charge is 0.460 e. The third-order valence-electron chi connectivity index (χ3n) is 4.18. The second-order valence-corrected chi connectivity index (χ2v) is 6.28. The van der Waals surface area contributed by atoms with Gasteiger partial charge >= 0.3 is 5.97 Å². The molecule has 4 nitrogen and oxygen atoms in total. The monoisotopic (exact) mass is 367 g/mol. The third kappa shape index (κ3) is 4.65. The van der Waals surface area contributed by atoms with E-state index in [2.05, 4.69) is 22.9 Å². The van der Waals surface area contributed by atoms with Crippen LogP contribution in [0.1, 0.15) is 18.9 Å². The predicted molar refractivity (Wildman–Crippen MR) is 88.8 cm³/mol. The molecule has 0 aliphatic carbocycles. The Hall–Kier alpha value is -1.20. The van der Waals surface area contributed by atoms with E-state index in [-0.39, 0.29) is 24.2 Å². The molecule has 22 heavy (non-hydrogen) atoms. The van der Waals surface area contributed by atoms with Crippen LogP contribution in [0.5, 0.6) is 0 Å². The highest BCUT2D eigenvalue weighted by atomic mass is 79.9. The van der Waals surface area contributed by atoms with Gasteiger partial charge in [0.05, 0.1) is 11.9 Å². The maximum atomic E-state index is 12.0. The molecule has 1 heterocycles. The summed E-state index contributed by atoms with van der Waals surface area (Å²) in [4.78, 5) is 25.9. The fraction of sp³-hybridized carbons (Fsp3) is 0.529. The van der Waals surface area contributed by atoms with Crippen molar-refractivity contribution in [2.24, 2.45) is 11.8 Å². The summed E-state index contributed by atoms with van der Waals surface area (Å²) in [5.41, 5.74) is 0.982. The van der Waals surface area contributed by atoms with E-state index in [1.54, 1.807) is 0 Å². The fourth-order valence-corrected chi connectivity index (χ4v) is 3.35. The lowest BCUT2D eigenvalue weighted by Gasteiger charge is -2.14. The Morgan fingerprint density at radius 2 is 2.00 bits per heavy atom. The van der Waals surface area contributed by atoms with Crippen molar-refractivity contribution in [3.05, 3.63) is 35.9 Å². The standard InChI is InChI=1S/C17H22BrNO3/c1-2-14-9-19(10-15(14)16(20)8-18)11-17(21)22-12-13-6-4-3-5-7-13/h3-7,14-15H,2,8-12H2,1H3. The van der Waals surface area contributed by atoms with Crippen LogP contribution in [0.3, 0.4) is 0 Å². The SMILES string of the molecule is CCC1CN(CC(=O)OCc2ccccc2)CC1C(=O)CBr. The lowest BCUT2D eigenvalue weighted by molar-refractivity contribution is -0.146. The highest BCUT2D eigenvalue weighted by Gasteiger charge is 2.36. The highest BCUT2D eigenvalue weighted by molar-refractivity contribution is 9.09. The predicted octanol–water partition coefficient (Wildman–Crippen LogP) is 2.65. The summed E-state index contributed by atoms with van der Waals surface area (Å²) in [5.74, 6) is 0.371. The van der Waals surface area contributed by atoms with E-state index < -0.39 is 0 Å². The number of Topliss-reactive ketones (excluding diaryl/α,β-unsaturated/α-hetero) is 1. The Balaban J connectivity index is 1.81. The lowest BCUT2D eigenvalue weighted by Crippen LogP contribution is -2.30. The first-order chi connectivity index (χ1) is 10.6. The zero-order valence-corrected chi connectivity index (χ0v) is 14.4. The van der Waals surface area contributed by atoms with Gasteiger partial charge in [0.25, 0.3) is 0 Å². The third-order valence-corrected chi connectivity index (χ3v) is 4.73. The molecule has 0 saturated carbocycles. The van der Waals surface area contributed by atoms with Gasteiger partial charge in [0.1, 0.15) is 12.4 Å². The van der Waals surface area contributed by atoms with E-state index in [1.165, 1.54) is 0 Å². The summed E-state index contributed by atoms with van der Waals surface area (Å²) in [6.45, 7) is 4.10. The van der Waals surface area contributed by atoms with Gasteiger partial charge in [-0.2, -0.15) is 0 Å². The Kier molecular flexibility index (Phi) is 6.58. The van der Waals surface area contributed by atoms with Gasteiger partial charge in [0, 0.05) is 19.0 Å². The molecule has 0 spiro atoms. The molecule has 1 aromatic carbocycles. The minimum absolute atomic E-state index is 0.0336. The summed E-state index contributed by atoms with van der Waals surface area (Å²) >= 11 is 3.24. The molecule has 1 fully saturated rings. The van der Waals surface area contributed by atoms with Crippen molar-refractivity contribution < 1.29 is 14.3 Å². The Labute approximate surface area is 140 Å². The molecule has 0 aromatic heterocycles. The molecule has 120 valence electrons. The number of ketones is 1. The average Bonchev–Trinajstić information content (AvgIpc) is 2.96. The maximum Gasteiger partial charge on any atom is 0.320 e. The number of benzene rings is 1. The molecule has 2 unspecified atom stereocenters. The van der Waals surface area contributed by atoms with Crippen molar-refractivity contribution in [2.45, 2.75) is 20.0 Å².